The molecule has 3 heteroatoms. The van der Waals surface area contributed by atoms with Gasteiger partial charge in [0.15, 0.2) is 0 Å². The predicted octanol–water partition coefficient (Wildman–Crippen LogP) is 1.06. The molecule has 0 aliphatic rings. The molecule has 0 saturated heterocycles. The quantitative estimate of drug-likeness (QED) is 0.577. The Morgan fingerprint density at radius 2 is 2.07 bits per heavy atom. The van der Waals surface area contributed by atoms with Gasteiger partial charge >= 0.3 is 5.97 Å². The van der Waals surface area contributed by atoms with Crippen LogP contribution in [0.25, 0.3) is 0 Å². The summed E-state index contributed by atoms with van der Waals surface area (Å²) >= 11 is 0. The topological polar surface area (TPSA) is 52.3 Å². The molecule has 1 rings (SSSR count). The summed E-state index contributed by atoms with van der Waals surface area (Å²) in [5, 5.41) is 0. The average molecular weight is 203 g/mol. The van der Waals surface area contributed by atoms with Crippen molar-refractivity contribution >= 4 is 5.97 Å². The third-order valence-corrected chi connectivity index (χ3v) is 1.77. The normalized spacial score (nSPS) is 8.93. The van der Waals surface area contributed by atoms with Crippen LogP contribution in [0, 0.1) is 11.8 Å². The maximum Gasteiger partial charge on any atom is 0.384 e. The number of hydrogen-bond acceptors (Lipinski definition) is 3. The lowest BCUT2D eigenvalue weighted by Gasteiger charge is -1.95. The number of carbonyl (C=O) groups excluding carboxylic acids is 1. The van der Waals surface area contributed by atoms with Crippen LogP contribution in [0.2, 0.25) is 0 Å². The van der Waals surface area contributed by atoms with Crippen molar-refractivity contribution < 1.29 is 9.53 Å². The highest BCUT2D eigenvalue weighted by atomic mass is 16.5. The van der Waals surface area contributed by atoms with Gasteiger partial charge in [-0.3, -0.25) is 0 Å². The molecule has 0 unspecified atom stereocenters. The third-order valence-electron chi connectivity index (χ3n) is 1.77. The van der Waals surface area contributed by atoms with E-state index in [2.05, 4.69) is 16.6 Å². The van der Waals surface area contributed by atoms with E-state index in [1.54, 1.807) is 6.92 Å². The second kappa shape index (κ2) is 5.84. The molecule has 1 aromatic carbocycles. The maximum atomic E-state index is 10.9. The van der Waals surface area contributed by atoms with Crippen LogP contribution < -0.4 is 5.73 Å². The fraction of sp³-hybridized carbons (Fsp3) is 0.250. The van der Waals surface area contributed by atoms with Gasteiger partial charge in [0.2, 0.25) is 0 Å². The van der Waals surface area contributed by atoms with Crippen molar-refractivity contribution in [2.45, 2.75) is 13.5 Å². The second-order valence-corrected chi connectivity index (χ2v) is 2.87. The largest absolute Gasteiger partial charge is 0.456 e. The van der Waals surface area contributed by atoms with Gasteiger partial charge in [-0.25, -0.2) is 4.79 Å². The Morgan fingerprint density at radius 1 is 1.40 bits per heavy atom. The molecular formula is C12H13NO2. The van der Waals surface area contributed by atoms with Crippen molar-refractivity contribution in [1.29, 1.82) is 0 Å². The number of hydrogen-bond donors (Lipinski definition) is 1. The molecule has 0 fully saturated rings. The number of esters is 1. The van der Waals surface area contributed by atoms with Gasteiger partial charge in [0.05, 0.1) is 6.61 Å². The zero-order chi connectivity index (χ0) is 11.1. The summed E-state index contributed by atoms with van der Waals surface area (Å²) in [6.07, 6.45) is 0. The molecule has 0 heterocycles. The number of ether oxygens (including phenoxy) is 1. The van der Waals surface area contributed by atoms with Crippen LogP contribution in [0.15, 0.2) is 24.3 Å². The third kappa shape index (κ3) is 3.84. The first-order valence-corrected chi connectivity index (χ1v) is 4.74. The minimum Gasteiger partial charge on any atom is -0.456 e. The molecule has 0 atom stereocenters. The summed E-state index contributed by atoms with van der Waals surface area (Å²) in [4.78, 5) is 10.9. The van der Waals surface area contributed by atoms with Gasteiger partial charge in [-0.1, -0.05) is 18.1 Å². The molecule has 0 aliphatic carbocycles. The number of carbonyl (C=O) groups is 1. The summed E-state index contributed by atoms with van der Waals surface area (Å²) in [6.45, 7) is 2.60. The first-order valence-electron chi connectivity index (χ1n) is 4.74. The van der Waals surface area contributed by atoms with Crippen molar-refractivity contribution in [2.24, 2.45) is 5.73 Å². The monoisotopic (exact) mass is 203 g/mol. The SMILES string of the molecule is CCOC(=O)C#Cc1ccc(CN)cc1. The van der Waals surface area contributed by atoms with Gasteiger partial charge in [0.1, 0.15) is 0 Å². The zero-order valence-corrected chi connectivity index (χ0v) is 8.62. The van der Waals surface area contributed by atoms with Gasteiger partial charge in [-0.15, -0.1) is 0 Å². The van der Waals surface area contributed by atoms with Gasteiger partial charge in [0.25, 0.3) is 0 Å². The fourth-order valence-corrected chi connectivity index (χ4v) is 1.01. The number of nitrogens with two attached hydrogens (primary N) is 1. The van der Waals surface area contributed by atoms with E-state index < -0.39 is 5.97 Å². The first kappa shape index (κ1) is 11.3. The Labute approximate surface area is 89.2 Å². The Kier molecular flexibility index (Phi) is 4.39. The van der Waals surface area contributed by atoms with Crippen LogP contribution in [-0.4, -0.2) is 12.6 Å². The lowest BCUT2D eigenvalue weighted by atomic mass is 10.1. The van der Waals surface area contributed by atoms with Crippen molar-refractivity contribution in [1.82, 2.24) is 0 Å². The average Bonchev–Trinajstić information content (AvgIpc) is 2.27. The molecule has 0 aliphatic heterocycles. The van der Waals surface area contributed by atoms with Crippen molar-refractivity contribution in [3.05, 3.63) is 35.4 Å². The van der Waals surface area contributed by atoms with Crippen molar-refractivity contribution in [3.63, 3.8) is 0 Å². The van der Waals surface area contributed by atoms with E-state index in [1.165, 1.54) is 0 Å². The summed E-state index contributed by atoms with van der Waals surface area (Å²) < 4.78 is 4.68. The van der Waals surface area contributed by atoms with Gasteiger partial charge < -0.3 is 10.5 Å². The minimum atomic E-state index is -0.500. The summed E-state index contributed by atoms with van der Waals surface area (Å²) in [7, 11) is 0. The minimum absolute atomic E-state index is 0.347. The van der Waals surface area contributed by atoms with E-state index in [0.717, 1.165) is 11.1 Å². The highest BCUT2D eigenvalue weighted by Gasteiger charge is 1.93. The van der Waals surface area contributed by atoms with Crippen LogP contribution in [0.3, 0.4) is 0 Å². The van der Waals surface area contributed by atoms with Crippen molar-refractivity contribution in [3.8, 4) is 11.8 Å². The van der Waals surface area contributed by atoms with Crippen LogP contribution in [0.5, 0.6) is 0 Å². The van der Waals surface area contributed by atoms with E-state index in [9.17, 15) is 4.79 Å². The van der Waals surface area contributed by atoms with E-state index in [-0.39, 0.29) is 0 Å². The van der Waals surface area contributed by atoms with Crippen LogP contribution in [0.4, 0.5) is 0 Å². The lowest BCUT2D eigenvalue weighted by Crippen LogP contribution is -1.99. The number of benzene rings is 1. The fourth-order valence-electron chi connectivity index (χ4n) is 1.01. The smallest absolute Gasteiger partial charge is 0.384 e. The molecule has 1 aromatic rings. The Bertz CT molecular complexity index is 384. The van der Waals surface area contributed by atoms with Crippen LogP contribution >= 0.6 is 0 Å². The summed E-state index contributed by atoms with van der Waals surface area (Å²) in [5.41, 5.74) is 7.27. The molecule has 0 radical (unpaired) electrons. The standard InChI is InChI=1S/C12H13NO2/c1-2-15-12(14)8-7-10-3-5-11(9-13)6-4-10/h3-6H,2,9,13H2,1H3. The van der Waals surface area contributed by atoms with Crippen molar-refractivity contribution in [2.75, 3.05) is 6.61 Å². The summed E-state index contributed by atoms with van der Waals surface area (Å²) in [5.74, 6) is 4.61. The van der Waals surface area contributed by atoms with E-state index >= 15 is 0 Å². The molecule has 0 spiro atoms. The molecule has 2 N–H and O–H groups in total. The highest BCUT2D eigenvalue weighted by molar-refractivity contribution is 5.89. The molecule has 0 amide bonds. The molecule has 0 saturated carbocycles. The maximum absolute atomic E-state index is 10.9. The van der Waals surface area contributed by atoms with E-state index in [1.807, 2.05) is 24.3 Å². The zero-order valence-electron chi connectivity index (χ0n) is 8.62. The Hall–Kier alpha value is -1.79. The number of rotatable bonds is 2. The molecular weight excluding hydrogens is 190 g/mol. The first-order chi connectivity index (χ1) is 7.26. The molecule has 0 aromatic heterocycles. The van der Waals surface area contributed by atoms with Crippen LogP contribution in [0.1, 0.15) is 18.1 Å². The van der Waals surface area contributed by atoms with E-state index in [0.29, 0.717) is 13.2 Å². The summed E-state index contributed by atoms with van der Waals surface area (Å²) in [6, 6.07) is 7.42. The predicted molar refractivity (Wildman–Crippen MR) is 57.8 cm³/mol. The molecule has 0 bridgehead atoms. The van der Waals surface area contributed by atoms with Gasteiger partial charge in [-0.2, -0.15) is 0 Å². The Balaban J connectivity index is 2.68. The molecule has 78 valence electrons. The molecule has 15 heavy (non-hydrogen) atoms. The van der Waals surface area contributed by atoms with Crippen LogP contribution in [-0.2, 0) is 16.1 Å². The van der Waals surface area contributed by atoms with Gasteiger partial charge in [0, 0.05) is 18.0 Å². The Morgan fingerprint density at radius 3 is 2.60 bits per heavy atom. The lowest BCUT2D eigenvalue weighted by molar-refractivity contribution is -0.136. The molecule has 3 nitrogen and oxygen atoms in total. The van der Waals surface area contributed by atoms with Gasteiger partial charge in [-0.05, 0) is 24.6 Å². The highest BCUT2D eigenvalue weighted by Crippen LogP contribution is 2.01. The second-order valence-electron chi connectivity index (χ2n) is 2.87. The van der Waals surface area contributed by atoms with E-state index in [4.69, 9.17) is 5.73 Å².